The van der Waals surface area contributed by atoms with Crippen molar-refractivity contribution in [2.24, 2.45) is 10.9 Å². The third-order valence-electron chi connectivity index (χ3n) is 4.35. The van der Waals surface area contributed by atoms with E-state index in [4.69, 9.17) is 16.3 Å². The normalized spacial score (nSPS) is 15.2. The van der Waals surface area contributed by atoms with Crippen molar-refractivity contribution in [2.45, 2.75) is 19.3 Å². The van der Waals surface area contributed by atoms with Gasteiger partial charge in [0.25, 0.3) is 0 Å². The molecule has 0 radical (unpaired) electrons. The van der Waals surface area contributed by atoms with E-state index in [1.54, 1.807) is 14.1 Å². The first kappa shape index (κ1) is 22.8. The molecule has 0 bridgehead atoms. The lowest BCUT2D eigenvalue weighted by atomic mass is 9.93. The first-order chi connectivity index (χ1) is 12.1. The summed E-state index contributed by atoms with van der Waals surface area (Å²) in [7, 11) is 3.48. The van der Waals surface area contributed by atoms with Crippen molar-refractivity contribution in [3.8, 4) is 5.75 Å². The van der Waals surface area contributed by atoms with Gasteiger partial charge in [0, 0.05) is 38.6 Å². The van der Waals surface area contributed by atoms with Gasteiger partial charge in [0.15, 0.2) is 5.96 Å². The zero-order valence-electron chi connectivity index (χ0n) is 15.3. The number of amides is 1. The highest BCUT2D eigenvalue weighted by Crippen LogP contribution is 2.20. The van der Waals surface area contributed by atoms with Crippen molar-refractivity contribution in [3.63, 3.8) is 0 Å². The zero-order valence-corrected chi connectivity index (χ0v) is 18.4. The molecule has 2 N–H and O–H groups in total. The van der Waals surface area contributed by atoms with Crippen LogP contribution in [0.3, 0.4) is 0 Å². The molecule has 1 aliphatic rings. The van der Waals surface area contributed by atoms with Gasteiger partial charge in [0.1, 0.15) is 12.4 Å². The molecule has 0 saturated carbocycles. The number of aliphatic imine (C=N–C) groups is 1. The van der Waals surface area contributed by atoms with E-state index in [1.165, 1.54) is 0 Å². The Morgan fingerprint density at radius 1 is 1.31 bits per heavy atom. The smallest absolute Gasteiger partial charge is 0.220 e. The Hall–Kier alpha value is -1.22. The Morgan fingerprint density at radius 2 is 1.96 bits per heavy atom. The van der Waals surface area contributed by atoms with Gasteiger partial charge in [0.05, 0.1) is 6.54 Å². The van der Waals surface area contributed by atoms with Crippen LogP contribution >= 0.6 is 35.6 Å². The van der Waals surface area contributed by atoms with E-state index in [0.717, 1.165) is 37.6 Å². The average Bonchev–Trinajstić information content (AvgIpc) is 2.64. The van der Waals surface area contributed by atoms with Gasteiger partial charge < -0.3 is 20.3 Å². The van der Waals surface area contributed by atoms with E-state index in [2.05, 4.69) is 20.5 Å². The Labute approximate surface area is 177 Å². The van der Waals surface area contributed by atoms with Crippen LogP contribution in [-0.4, -0.2) is 57.1 Å². The van der Waals surface area contributed by atoms with Crippen molar-refractivity contribution >= 4 is 47.4 Å². The molecule has 8 heteroatoms. The fraction of sp³-hybridized carbons (Fsp3) is 0.556. The fourth-order valence-corrected chi connectivity index (χ4v) is 3.03. The third kappa shape index (κ3) is 7.57. The van der Waals surface area contributed by atoms with E-state index in [9.17, 15) is 4.79 Å². The van der Waals surface area contributed by atoms with E-state index in [1.807, 2.05) is 24.3 Å². The summed E-state index contributed by atoms with van der Waals surface area (Å²) in [4.78, 5) is 18.1. The fourth-order valence-electron chi connectivity index (χ4n) is 2.91. The summed E-state index contributed by atoms with van der Waals surface area (Å²) in [6.07, 6.45) is 2.64. The quantitative estimate of drug-likeness (QED) is 0.276. The number of nitrogens with one attached hydrogen (secondary N) is 2. The number of hydrogen-bond donors (Lipinski definition) is 2. The number of likely N-dealkylation sites (tertiary alicyclic amines) is 1. The monoisotopic (exact) mass is 494 g/mol. The number of nitrogens with zero attached hydrogens (tertiary/aromatic N) is 2. The van der Waals surface area contributed by atoms with Crippen LogP contribution in [-0.2, 0) is 4.79 Å². The molecule has 1 aromatic carbocycles. The minimum Gasteiger partial charge on any atom is -0.492 e. The minimum absolute atomic E-state index is 0. The van der Waals surface area contributed by atoms with Gasteiger partial charge in [-0.3, -0.25) is 9.79 Å². The first-order valence-electron chi connectivity index (χ1n) is 8.67. The molecule has 0 aromatic heterocycles. The molecule has 6 nitrogen and oxygen atoms in total. The minimum atomic E-state index is 0. The molecule has 26 heavy (non-hydrogen) atoms. The molecule has 2 rings (SSSR count). The van der Waals surface area contributed by atoms with Crippen molar-refractivity contribution in [3.05, 3.63) is 29.3 Å². The second-order valence-electron chi connectivity index (χ2n) is 6.08. The van der Waals surface area contributed by atoms with Crippen LogP contribution in [0, 0.1) is 5.92 Å². The Bertz CT molecular complexity index is 575. The number of carbonyl (C=O) groups is 1. The molecule has 0 atom stereocenters. The van der Waals surface area contributed by atoms with Gasteiger partial charge in [-0.15, -0.1) is 24.0 Å². The second kappa shape index (κ2) is 12.2. The van der Waals surface area contributed by atoms with E-state index in [-0.39, 0.29) is 29.9 Å². The molecular weight excluding hydrogens is 467 g/mol. The predicted molar refractivity (Wildman–Crippen MR) is 117 cm³/mol. The van der Waals surface area contributed by atoms with E-state index < -0.39 is 0 Å². The molecule has 1 saturated heterocycles. The number of hydrogen-bond acceptors (Lipinski definition) is 3. The summed E-state index contributed by atoms with van der Waals surface area (Å²) in [5.74, 6) is 2.28. The van der Waals surface area contributed by atoms with Crippen LogP contribution < -0.4 is 15.4 Å². The SMILES string of the molecule is CN=C(NCCOc1ccc(Cl)cc1)N1CCC(CC(=O)NC)CC1.I. The number of rotatable bonds is 6. The van der Waals surface area contributed by atoms with Crippen LogP contribution in [0.4, 0.5) is 0 Å². The third-order valence-corrected chi connectivity index (χ3v) is 4.60. The van der Waals surface area contributed by atoms with Crippen molar-refractivity contribution < 1.29 is 9.53 Å². The largest absolute Gasteiger partial charge is 0.492 e. The average molecular weight is 495 g/mol. The molecule has 1 fully saturated rings. The van der Waals surface area contributed by atoms with E-state index >= 15 is 0 Å². The molecule has 0 unspecified atom stereocenters. The molecule has 0 spiro atoms. The van der Waals surface area contributed by atoms with Crippen LogP contribution in [0.2, 0.25) is 5.02 Å². The van der Waals surface area contributed by atoms with Gasteiger partial charge in [0.2, 0.25) is 5.91 Å². The highest BCUT2D eigenvalue weighted by atomic mass is 127. The standard InChI is InChI=1S/C18H27ClN4O2.HI/c1-20-17(24)13-14-7-10-23(11-8-14)18(21-2)22-9-12-25-16-5-3-15(19)4-6-16;/h3-6,14H,7-13H2,1-2H3,(H,20,24)(H,21,22);1H. The van der Waals surface area contributed by atoms with E-state index in [0.29, 0.717) is 30.5 Å². The lowest BCUT2D eigenvalue weighted by Gasteiger charge is -2.34. The maximum Gasteiger partial charge on any atom is 0.220 e. The number of guanidine groups is 1. The lowest BCUT2D eigenvalue weighted by Crippen LogP contribution is -2.46. The highest BCUT2D eigenvalue weighted by Gasteiger charge is 2.22. The van der Waals surface area contributed by atoms with Gasteiger partial charge in [-0.1, -0.05) is 11.6 Å². The Kier molecular flexibility index (Phi) is 10.7. The second-order valence-corrected chi connectivity index (χ2v) is 6.52. The van der Waals surface area contributed by atoms with Crippen molar-refractivity contribution in [1.82, 2.24) is 15.5 Å². The van der Waals surface area contributed by atoms with Crippen LogP contribution in [0.25, 0.3) is 0 Å². The maximum atomic E-state index is 11.5. The van der Waals surface area contributed by atoms with Crippen LogP contribution in [0.15, 0.2) is 29.3 Å². The summed E-state index contributed by atoms with van der Waals surface area (Å²) < 4.78 is 5.68. The summed E-state index contributed by atoms with van der Waals surface area (Å²) in [6, 6.07) is 7.33. The number of carbonyl (C=O) groups excluding carboxylic acids is 1. The lowest BCUT2D eigenvalue weighted by molar-refractivity contribution is -0.121. The van der Waals surface area contributed by atoms with Crippen molar-refractivity contribution in [2.75, 3.05) is 40.3 Å². The molecule has 1 aromatic rings. The van der Waals surface area contributed by atoms with Gasteiger partial charge in [-0.05, 0) is 43.0 Å². The molecule has 1 heterocycles. The number of halogens is 2. The summed E-state index contributed by atoms with van der Waals surface area (Å²) >= 11 is 5.85. The first-order valence-corrected chi connectivity index (χ1v) is 9.04. The highest BCUT2D eigenvalue weighted by molar-refractivity contribution is 14.0. The number of ether oxygens (including phenoxy) is 1. The van der Waals surface area contributed by atoms with Gasteiger partial charge >= 0.3 is 0 Å². The summed E-state index contributed by atoms with van der Waals surface area (Å²) in [5.41, 5.74) is 0. The summed E-state index contributed by atoms with van der Waals surface area (Å²) in [6.45, 7) is 3.06. The van der Waals surface area contributed by atoms with Crippen molar-refractivity contribution in [1.29, 1.82) is 0 Å². The zero-order chi connectivity index (χ0) is 18.1. The Morgan fingerprint density at radius 3 is 2.54 bits per heavy atom. The predicted octanol–water partition coefficient (Wildman–Crippen LogP) is 2.76. The summed E-state index contributed by atoms with van der Waals surface area (Å²) in [5, 5.41) is 6.73. The van der Waals surface area contributed by atoms with Gasteiger partial charge in [-0.2, -0.15) is 0 Å². The van der Waals surface area contributed by atoms with Crippen LogP contribution in [0.1, 0.15) is 19.3 Å². The maximum absolute atomic E-state index is 11.5. The van der Waals surface area contributed by atoms with Crippen LogP contribution in [0.5, 0.6) is 5.75 Å². The molecule has 1 amide bonds. The Balaban J connectivity index is 0.00000338. The number of piperidine rings is 1. The molecule has 1 aliphatic heterocycles. The molecule has 0 aliphatic carbocycles. The topological polar surface area (TPSA) is 66.0 Å². The molecular formula is C18H28ClIN4O2. The molecule has 146 valence electrons. The van der Waals surface area contributed by atoms with Gasteiger partial charge in [-0.25, -0.2) is 0 Å². The number of benzene rings is 1.